The van der Waals surface area contributed by atoms with Gasteiger partial charge in [0.15, 0.2) is 0 Å². The third-order valence-electron chi connectivity index (χ3n) is 6.61. The molecule has 1 aliphatic rings. The third-order valence-corrected chi connectivity index (χ3v) is 8.52. The molecule has 1 aromatic heterocycles. The van der Waals surface area contributed by atoms with Gasteiger partial charge in [-0.2, -0.15) is 4.31 Å². The van der Waals surface area contributed by atoms with Gasteiger partial charge < -0.3 is 16.0 Å². The van der Waals surface area contributed by atoms with Gasteiger partial charge in [-0.05, 0) is 41.9 Å². The standard InChI is InChI=1S/C27H28N6O3S/c1-29-13-14-32(2)37(35,36)24-10-6-5-9-21(24)18-11-12-23-22(15-18)25(31-27(28)30-23)26(34)33-16-19-7-3-4-8-20(19)17-33/h3-12,15,29H,13-14,16-17H2,1-2H3,(H2,28,30,31). The SMILES string of the molecule is CNCCN(C)S(=O)(=O)c1ccccc1-c1ccc2nc(N)nc(C(=O)N3Cc4ccccc4C3)c2c1. The van der Waals surface area contributed by atoms with E-state index in [1.807, 2.05) is 24.3 Å². The zero-order valence-corrected chi connectivity index (χ0v) is 21.5. The summed E-state index contributed by atoms with van der Waals surface area (Å²) in [6.07, 6.45) is 0. The van der Waals surface area contributed by atoms with E-state index < -0.39 is 10.0 Å². The molecule has 0 aliphatic carbocycles. The van der Waals surface area contributed by atoms with Crippen LogP contribution in [0.5, 0.6) is 0 Å². The van der Waals surface area contributed by atoms with Crippen LogP contribution >= 0.6 is 0 Å². The zero-order chi connectivity index (χ0) is 26.2. The Kier molecular flexibility index (Phi) is 6.63. The summed E-state index contributed by atoms with van der Waals surface area (Å²) in [5.41, 5.74) is 10.1. The van der Waals surface area contributed by atoms with Crippen molar-refractivity contribution in [1.29, 1.82) is 0 Å². The van der Waals surface area contributed by atoms with E-state index in [1.165, 1.54) is 4.31 Å². The maximum absolute atomic E-state index is 13.6. The summed E-state index contributed by atoms with van der Waals surface area (Å²) in [7, 11) is -0.417. The van der Waals surface area contributed by atoms with Crippen molar-refractivity contribution < 1.29 is 13.2 Å². The fourth-order valence-electron chi connectivity index (χ4n) is 4.59. The molecule has 0 atom stereocenters. The number of hydrogen-bond acceptors (Lipinski definition) is 7. The molecule has 2 heterocycles. The number of benzene rings is 3. The van der Waals surface area contributed by atoms with Crippen LogP contribution in [0.1, 0.15) is 21.6 Å². The van der Waals surface area contributed by atoms with E-state index in [4.69, 9.17) is 5.73 Å². The van der Waals surface area contributed by atoms with Crippen LogP contribution < -0.4 is 11.1 Å². The first-order valence-corrected chi connectivity index (χ1v) is 13.4. The highest BCUT2D eigenvalue weighted by Crippen LogP contribution is 2.33. The number of nitrogens with two attached hydrogens (primary N) is 1. The lowest BCUT2D eigenvalue weighted by Gasteiger charge is -2.20. The van der Waals surface area contributed by atoms with Crippen LogP contribution in [-0.2, 0) is 23.1 Å². The van der Waals surface area contributed by atoms with E-state index in [0.717, 1.165) is 11.1 Å². The molecule has 3 N–H and O–H groups in total. The van der Waals surface area contributed by atoms with E-state index in [9.17, 15) is 13.2 Å². The number of amides is 1. The average Bonchev–Trinajstić information content (AvgIpc) is 3.35. The Bertz CT molecular complexity index is 1580. The van der Waals surface area contributed by atoms with Gasteiger partial charge in [0.2, 0.25) is 16.0 Å². The van der Waals surface area contributed by atoms with Crippen molar-refractivity contribution in [2.45, 2.75) is 18.0 Å². The first kappa shape index (κ1) is 24.8. The Morgan fingerprint density at radius 2 is 1.70 bits per heavy atom. The number of carbonyl (C=O) groups is 1. The zero-order valence-electron chi connectivity index (χ0n) is 20.7. The summed E-state index contributed by atoms with van der Waals surface area (Å²) >= 11 is 0. The second-order valence-corrected chi connectivity index (χ2v) is 11.0. The molecule has 0 radical (unpaired) electrons. The topological polar surface area (TPSA) is 122 Å². The molecule has 0 spiro atoms. The Morgan fingerprint density at radius 1 is 1.03 bits per heavy atom. The number of fused-ring (bicyclic) bond motifs is 2. The van der Waals surface area contributed by atoms with Crippen molar-refractivity contribution >= 4 is 32.8 Å². The lowest BCUT2D eigenvalue weighted by Crippen LogP contribution is -2.33. The van der Waals surface area contributed by atoms with Crippen molar-refractivity contribution in [3.63, 3.8) is 0 Å². The van der Waals surface area contributed by atoms with Crippen LogP contribution in [0.2, 0.25) is 0 Å². The van der Waals surface area contributed by atoms with Gasteiger partial charge in [-0.1, -0.05) is 48.5 Å². The summed E-state index contributed by atoms with van der Waals surface area (Å²) in [6.45, 7) is 1.83. The Labute approximate surface area is 216 Å². The van der Waals surface area contributed by atoms with E-state index >= 15 is 0 Å². The lowest BCUT2D eigenvalue weighted by atomic mass is 10.0. The van der Waals surface area contributed by atoms with Crippen LogP contribution in [0.15, 0.2) is 71.6 Å². The van der Waals surface area contributed by atoms with Gasteiger partial charge in [0, 0.05) is 44.2 Å². The van der Waals surface area contributed by atoms with Crippen LogP contribution in [0.25, 0.3) is 22.0 Å². The molecule has 37 heavy (non-hydrogen) atoms. The molecular weight excluding hydrogens is 488 g/mol. The molecule has 1 amide bonds. The fraction of sp³-hybridized carbons (Fsp3) is 0.222. The molecule has 4 aromatic rings. The molecule has 0 unspecified atom stereocenters. The second kappa shape index (κ2) is 9.89. The molecule has 190 valence electrons. The maximum atomic E-state index is 13.6. The Balaban J connectivity index is 1.58. The van der Waals surface area contributed by atoms with Crippen molar-refractivity contribution in [3.05, 3.63) is 83.6 Å². The summed E-state index contributed by atoms with van der Waals surface area (Å²) in [5, 5.41) is 3.49. The normalized spacial score (nSPS) is 13.3. The maximum Gasteiger partial charge on any atom is 0.273 e. The van der Waals surface area contributed by atoms with Gasteiger partial charge in [-0.15, -0.1) is 0 Å². The molecule has 5 rings (SSSR count). The minimum atomic E-state index is -3.75. The van der Waals surface area contributed by atoms with E-state index in [0.29, 0.717) is 48.2 Å². The molecular formula is C27H28N6O3S. The molecule has 0 fully saturated rings. The van der Waals surface area contributed by atoms with E-state index in [-0.39, 0.29) is 22.4 Å². The number of likely N-dealkylation sites (N-methyl/N-ethyl adjacent to an activating group) is 2. The summed E-state index contributed by atoms with van der Waals surface area (Å²) in [6, 6.07) is 20.1. The van der Waals surface area contributed by atoms with E-state index in [2.05, 4.69) is 15.3 Å². The van der Waals surface area contributed by atoms with Gasteiger partial charge in [0.25, 0.3) is 5.91 Å². The molecule has 0 saturated heterocycles. The minimum Gasteiger partial charge on any atom is -0.368 e. The van der Waals surface area contributed by atoms with Crippen molar-refractivity contribution in [1.82, 2.24) is 24.5 Å². The summed E-state index contributed by atoms with van der Waals surface area (Å²) < 4.78 is 28.1. The number of anilines is 1. The van der Waals surface area contributed by atoms with Crippen LogP contribution in [-0.4, -0.2) is 60.7 Å². The summed E-state index contributed by atoms with van der Waals surface area (Å²) in [4.78, 5) is 24.2. The number of nitrogen functional groups attached to an aromatic ring is 1. The average molecular weight is 517 g/mol. The minimum absolute atomic E-state index is 0.00875. The highest BCUT2D eigenvalue weighted by Gasteiger charge is 2.28. The number of nitrogens with one attached hydrogen (secondary N) is 1. The van der Waals surface area contributed by atoms with Crippen LogP contribution in [0.3, 0.4) is 0 Å². The predicted molar refractivity (Wildman–Crippen MR) is 143 cm³/mol. The van der Waals surface area contributed by atoms with Gasteiger partial charge >= 0.3 is 0 Å². The number of sulfonamides is 1. The van der Waals surface area contributed by atoms with Gasteiger partial charge in [0.1, 0.15) is 5.69 Å². The van der Waals surface area contributed by atoms with Gasteiger partial charge in [0.05, 0.1) is 10.4 Å². The molecule has 3 aromatic carbocycles. The van der Waals surface area contributed by atoms with Crippen LogP contribution in [0.4, 0.5) is 5.95 Å². The molecule has 10 heteroatoms. The fourth-order valence-corrected chi connectivity index (χ4v) is 5.97. The predicted octanol–water partition coefficient (Wildman–Crippen LogP) is 2.87. The number of carbonyl (C=O) groups excluding carboxylic acids is 1. The molecule has 0 saturated carbocycles. The first-order chi connectivity index (χ1) is 17.8. The largest absolute Gasteiger partial charge is 0.368 e. The molecule has 0 bridgehead atoms. The smallest absolute Gasteiger partial charge is 0.273 e. The lowest BCUT2D eigenvalue weighted by molar-refractivity contribution is 0.0747. The highest BCUT2D eigenvalue weighted by atomic mass is 32.2. The monoisotopic (exact) mass is 516 g/mol. The van der Waals surface area contributed by atoms with Gasteiger partial charge in [-0.3, -0.25) is 4.79 Å². The van der Waals surface area contributed by atoms with Gasteiger partial charge in [-0.25, -0.2) is 18.4 Å². The number of hydrogen-bond donors (Lipinski definition) is 2. The number of nitrogens with zero attached hydrogens (tertiary/aromatic N) is 4. The quantitative estimate of drug-likeness (QED) is 0.387. The summed E-state index contributed by atoms with van der Waals surface area (Å²) in [5.74, 6) is -0.241. The van der Waals surface area contributed by atoms with Crippen LogP contribution in [0, 0.1) is 0 Å². The Morgan fingerprint density at radius 3 is 2.41 bits per heavy atom. The second-order valence-electron chi connectivity index (χ2n) is 9.02. The first-order valence-electron chi connectivity index (χ1n) is 11.9. The van der Waals surface area contributed by atoms with E-state index in [1.54, 1.807) is 61.5 Å². The van der Waals surface area contributed by atoms with Crippen molar-refractivity contribution in [2.75, 3.05) is 32.9 Å². The van der Waals surface area contributed by atoms with Crippen molar-refractivity contribution in [2.24, 2.45) is 0 Å². The van der Waals surface area contributed by atoms with Crippen molar-refractivity contribution in [3.8, 4) is 11.1 Å². The molecule has 1 aliphatic heterocycles. The number of rotatable bonds is 7. The third kappa shape index (κ3) is 4.66. The molecule has 9 nitrogen and oxygen atoms in total. The Hall–Kier alpha value is -3.86. The number of aromatic nitrogens is 2. The highest BCUT2D eigenvalue weighted by molar-refractivity contribution is 7.89.